The maximum Gasteiger partial charge on any atom is 3.00 e. The summed E-state index contributed by atoms with van der Waals surface area (Å²) in [5.41, 5.74) is 2.25. The second kappa shape index (κ2) is 18.0. The molecule has 0 radical (unpaired) electrons. The summed E-state index contributed by atoms with van der Waals surface area (Å²) in [5, 5.41) is 10.8. The number of nitrogens with zero attached hydrogens (tertiary/aromatic N) is 4. The molecule has 0 amide bonds. The molecule has 0 bridgehead atoms. The Bertz CT molecular complexity index is 3550. The number of furan rings is 1. The minimum absolute atomic E-state index is 0. The SMILES string of the molecule is [2H]c1cc2c(oc3c(-c4ccc(C([2H])([2H])C([2H])([2H])c5cc(C([2H])([2H])C([2H])([2H])c6ccc(-c7[c-]cccc7)nc6)cc(C([2H])([2H])C([2H])([2H])c6ccc(-c7[c-]cccc7)nc6)c5)cn4)[c-]c4c(c32)CCC4)c([2H])c1C#N.[Ir+3]. The Morgan fingerprint density at radius 3 is 1.69 bits per heavy atom. The molecule has 5 nitrogen and oxygen atoms in total. The first kappa shape index (κ1) is 26.6. The third-order valence-electron chi connectivity index (χ3n) is 10.2. The van der Waals surface area contributed by atoms with E-state index in [0.717, 1.165) is 41.9 Å². The van der Waals surface area contributed by atoms with Gasteiger partial charge in [-0.25, -0.2) is 0 Å². The second-order valence-corrected chi connectivity index (χ2v) is 14.2. The first-order valence-corrected chi connectivity index (χ1v) is 19.3. The summed E-state index contributed by atoms with van der Waals surface area (Å²) in [4.78, 5) is 13.3. The van der Waals surface area contributed by atoms with Gasteiger partial charge in [-0.3, -0.25) is 0 Å². The predicted octanol–water partition coefficient (Wildman–Crippen LogP) is 11.9. The molecule has 5 aromatic carbocycles. The molecule has 1 aliphatic rings. The molecule has 0 fully saturated rings. The van der Waals surface area contributed by atoms with Gasteiger partial charge in [0.1, 0.15) is 5.58 Å². The number of fused-ring (bicyclic) bond motifs is 5. The van der Waals surface area contributed by atoms with E-state index in [2.05, 4.69) is 33.2 Å². The Kier molecular flexibility index (Phi) is 7.86. The van der Waals surface area contributed by atoms with E-state index >= 15 is 0 Å². The standard InChI is InChI=1S/C55H41N4O.Ir/c56-33-43-20-24-48-53(31-43)60-55-49(32-46-12-7-13-47(46)54(48)55)52-27-23-39(36-59-52)16-19-42-29-40(17-14-37-21-25-50(57-34-37)44-8-3-1-4-9-44)28-41(30-42)18-15-38-22-26-51(58-35-38)45-10-5-2-6-11-45;/h1-6,8,10,20-31,34-36H,7,12-19H2;/q-3;+3/i14D2,15D2,16D2,17D2,18D2,19D2,20D,31D;. The molecule has 0 atom stereocenters. The van der Waals surface area contributed by atoms with Crippen LogP contribution in [0.5, 0.6) is 0 Å². The van der Waals surface area contributed by atoms with Crippen LogP contribution in [-0.4, -0.2) is 15.0 Å². The van der Waals surface area contributed by atoms with E-state index in [4.69, 9.17) is 7.16 Å². The van der Waals surface area contributed by atoms with Gasteiger partial charge in [-0.2, -0.15) is 5.26 Å². The number of pyridine rings is 3. The topological polar surface area (TPSA) is 75.6 Å². The maximum atomic E-state index is 9.69. The van der Waals surface area contributed by atoms with Crippen LogP contribution in [0.25, 0.3) is 55.7 Å². The van der Waals surface area contributed by atoms with Crippen LogP contribution in [0.4, 0.5) is 0 Å². The second-order valence-electron chi connectivity index (χ2n) is 14.2. The number of hydrogen-bond donors (Lipinski definition) is 0. The predicted molar refractivity (Wildman–Crippen MR) is 238 cm³/mol. The zero-order chi connectivity index (χ0) is 52.8. The third-order valence-corrected chi connectivity index (χ3v) is 10.2. The fourth-order valence-corrected chi connectivity index (χ4v) is 7.30. The van der Waals surface area contributed by atoms with Crippen molar-refractivity contribution in [1.29, 1.82) is 5.26 Å². The van der Waals surface area contributed by atoms with E-state index in [9.17, 15) is 21.7 Å². The van der Waals surface area contributed by atoms with Gasteiger partial charge in [0.25, 0.3) is 0 Å². The van der Waals surface area contributed by atoms with Crippen molar-refractivity contribution in [1.82, 2.24) is 15.0 Å². The summed E-state index contributed by atoms with van der Waals surface area (Å²) in [5.74, 6) is 0. The molecule has 61 heavy (non-hydrogen) atoms. The van der Waals surface area contributed by atoms with E-state index in [1.54, 1.807) is 48.5 Å². The Hall–Kier alpha value is -6.51. The van der Waals surface area contributed by atoms with Crippen LogP contribution < -0.4 is 0 Å². The zero-order valence-corrected chi connectivity index (χ0v) is 34.7. The molecule has 10 rings (SSSR count). The number of nitriles is 1. The number of rotatable bonds is 12. The van der Waals surface area contributed by atoms with E-state index in [1.807, 2.05) is 6.07 Å². The van der Waals surface area contributed by atoms with Crippen LogP contribution in [0.2, 0.25) is 0 Å². The fourth-order valence-electron chi connectivity index (χ4n) is 7.30. The van der Waals surface area contributed by atoms with Gasteiger partial charge in [0.15, 0.2) is 0 Å². The van der Waals surface area contributed by atoms with Gasteiger partial charge >= 0.3 is 20.1 Å². The molecule has 0 N–H and O–H groups in total. The zero-order valence-electron chi connectivity index (χ0n) is 46.3. The van der Waals surface area contributed by atoms with E-state index in [0.29, 0.717) is 57.3 Å². The van der Waals surface area contributed by atoms with Crippen molar-refractivity contribution >= 4 is 21.9 Å². The van der Waals surface area contributed by atoms with Gasteiger partial charge in [-0.1, -0.05) is 84.5 Å². The molecule has 0 saturated heterocycles. The van der Waals surface area contributed by atoms with Gasteiger partial charge in [-0.05, 0) is 107 Å². The summed E-state index contributed by atoms with van der Waals surface area (Å²) in [6.07, 6.45) is -12.7. The summed E-state index contributed by atoms with van der Waals surface area (Å²) in [6, 6.07) is 37.8. The Labute approximate surface area is 390 Å². The molecule has 4 heterocycles. The van der Waals surface area contributed by atoms with Gasteiger partial charge in [0.2, 0.25) is 0 Å². The van der Waals surface area contributed by atoms with Gasteiger partial charge < -0.3 is 19.4 Å². The molecule has 6 heteroatoms. The number of hydrogen-bond acceptors (Lipinski definition) is 5. The minimum atomic E-state index is -3.17. The minimum Gasteiger partial charge on any atom is -0.501 e. The first-order valence-electron chi connectivity index (χ1n) is 26.3. The van der Waals surface area contributed by atoms with E-state index in [1.165, 1.54) is 54.9 Å². The molecule has 1 aliphatic carbocycles. The summed E-state index contributed by atoms with van der Waals surface area (Å²) < 4.78 is 136. The first-order chi connectivity index (χ1) is 35.0. The smallest absolute Gasteiger partial charge is 0.501 e. The Morgan fingerprint density at radius 2 is 1.20 bits per heavy atom. The Balaban J connectivity index is 0.00000689. The van der Waals surface area contributed by atoms with E-state index in [-0.39, 0.29) is 65.7 Å². The molecule has 296 valence electrons. The largest absolute Gasteiger partial charge is 3.00 e. The molecular weight excluding hydrogens is 925 g/mol. The average molecular weight is 980 g/mol. The van der Waals surface area contributed by atoms with Gasteiger partial charge in [0.05, 0.1) is 20.0 Å². The van der Waals surface area contributed by atoms with Crippen molar-refractivity contribution in [2.24, 2.45) is 0 Å². The van der Waals surface area contributed by atoms with Crippen molar-refractivity contribution in [2.75, 3.05) is 0 Å². The van der Waals surface area contributed by atoms with Crippen molar-refractivity contribution in [3.8, 4) is 39.8 Å². The maximum absolute atomic E-state index is 9.69. The van der Waals surface area contributed by atoms with Gasteiger partial charge in [-0.15, -0.1) is 89.0 Å². The van der Waals surface area contributed by atoms with Crippen LogP contribution in [0.15, 0.2) is 144 Å². The van der Waals surface area contributed by atoms with Crippen LogP contribution in [-0.2, 0) is 71.2 Å². The van der Waals surface area contributed by atoms with Crippen LogP contribution in [0, 0.1) is 29.5 Å². The molecule has 0 spiro atoms. The number of aryl methyl sites for hydroxylation is 8. The molecule has 0 unspecified atom stereocenters. The van der Waals surface area contributed by atoms with E-state index < -0.39 is 54.9 Å². The summed E-state index contributed by atoms with van der Waals surface area (Å²) >= 11 is 0. The quantitative estimate of drug-likeness (QED) is 0.114. The van der Waals surface area contributed by atoms with Crippen LogP contribution in [0.3, 0.4) is 0 Å². The third kappa shape index (κ3) is 8.72. The normalized spacial score (nSPS) is 16.8. The molecule has 0 aliphatic heterocycles. The van der Waals surface area contributed by atoms with Crippen molar-refractivity contribution in [3.05, 3.63) is 208 Å². The van der Waals surface area contributed by atoms with Crippen molar-refractivity contribution in [2.45, 2.75) is 57.5 Å². The average Bonchev–Trinajstić information content (AvgIpc) is 4.06. The monoisotopic (exact) mass is 980 g/mol. The Morgan fingerprint density at radius 1 is 0.656 bits per heavy atom. The van der Waals surface area contributed by atoms with Crippen molar-refractivity contribution < 1.29 is 43.7 Å². The summed E-state index contributed by atoms with van der Waals surface area (Å²) in [7, 11) is 0. The fraction of sp³-hybridized carbons (Fsp3) is 0.164. The van der Waals surface area contributed by atoms with Gasteiger partial charge in [0, 0.05) is 40.4 Å². The number of benzene rings is 5. The number of aromatic nitrogens is 3. The van der Waals surface area contributed by atoms with Crippen LogP contribution in [0.1, 0.15) is 75.7 Å². The van der Waals surface area contributed by atoms with Crippen LogP contribution >= 0.6 is 0 Å². The summed E-state index contributed by atoms with van der Waals surface area (Å²) in [6.45, 7) is 0. The molecular formula is C55H41IrN4O. The van der Waals surface area contributed by atoms with Crippen molar-refractivity contribution in [3.63, 3.8) is 0 Å². The molecule has 0 saturated carbocycles. The molecule has 4 aromatic heterocycles. The molecule has 9 aromatic rings.